The molecule has 5 heteroatoms. The first-order valence-corrected chi connectivity index (χ1v) is 5.69. The summed E-state index contributed by atoms with van der Waals surface area (Å²) < 4.78 is 7.38. The maximum atomic E-state index is 5.62. The Bertz CT molecular complexity index is 348. The van der Waals surface area contributed by atoms with Gasteiger partial charge in [0.15, 0.2) is 0 Å². The molecule has 1 aromatic heterocycles. The number of anilines is 1. The van der Waals surface area contributed by atoms with Gasteiger partial charge in [-0.25, -0.2) is 0 Å². The van der Waals surface area contributed by atoms with E-state index in [0.29, 0.717) is 0 Å². The zero-order chi connectivity index (χ0) is 11.6. The van der Waals surface area contributed by atoms with Gasteiger partial charge in [0.1, 0.15) is 0 Å². The van der Waals surface area contributed by atoms with E-state index in [1.807, 2.05) is 10.9 Å². The van der Waals surface area contributed by atoms with Crippen molar-refractivity contribution in [2.24, 2.45) is 0 Å². The van der Waals surface area contributed by atoms with E-state index in [4.69, 9.17) is 10.5 Å². The molecule has 1 aliphatic rings. The maximum absolute atomic E-state index is 5.62. The second-order valence-electron chi connectivity index (χ2n) is 4.89. The van der Waals surface area contributed by atoms with Crippen molar-refractivity contribution in [3.8, 4) is 0 Å². The van der Waals surface area contributed by atoms with Gasteiger partial charge in [-0.1, -0.05) is 0 Å². The lowest BCUT2D eigenvalue weighted by molar-refractivity contribution is -0.0523. The van der Waals surface area contributed by atoms with Gasteiger partial charge in [-0.15, -0.1) is 0 Å². The second kappa shape index (κ2) is 4.43. The minimum atomic E-state index is 0.122. The van der Waals surface area contributed by atoms with E-state index in [0.717, 1.165) is 38.5 Å². The van der Waals surface area contributed by atoms with Crippen LogP contribution in [0.5, 0.6) is 0 Å². The van der Waals surface area contributed by atoms with Crippen LogP contribution in [0.25, 0.3) is 0 Å². The fraction of sp³-hybridized carbons (Fsp3) is 0.727. The highest BCUT2D eigenvalue weighted by Gasteiger charge is 2.29. The van der Waals surface area contributed by atoms with Gasteiger partial charge in [-0.3, -0.25) is 9.58 Å². The van der Waals surface area contributed by atoms with Gasteiger partial charge in [-0.2, -0.15) is 5.10 Å². The Morgan fingerprint density at radius 1 is 1.50 bits per heavy atom. The van der Waals surface area contributed by atoms with Gasteiger partial charge in [-0.05, 0) is 13.8 Å². The van der Waals surface area contributed by atoms with E-state index in [1.165, 1.54) is 0 Å². The molecule has 0 amide bonds. The van der Waals surface area contributed by atoms with Crippen LogP contribution < -0.4 is 5.73 Å². The normalized spacial score (nSPS) is 21.1. The first-order valence-electron chi connectivity index (χ1n) is 5.69. The van der Waals surface area contributed by atoms with Crippen molar-refractivity contribution in [1.29, 1.82) is 0 Å². The van der Waals surface area contributed by atoms with E-state index in [-0.39, 0.29) is 5.54 Å². The molecule has 1 aliphatic heterocycles. The lowest BCUT2D eigenvalue weighted by Crippen LogP contribution is -2.53. The molecule has 2 heterocycles. The lowest BCUT2D eigenvalue weighted by atomic mass is 10.0. The van der Waals surface area contributed by atoms with Crippen molar-refractivity contribution < 1.29 is 4.74 Å². The molecule has 90 valence electrons. The predicted molar refractivity (Wildman–Crippen MR) is 63.1 cm³/mol. The molecule has 1 fully saturated rings. The van der Waals surface area contributed by atoms with Crippen molar-refractivity contribution >= 4 is 5.69 Å². The number of hydrogen-bond donors (Lipinski definition) is 1. The van der Waals surface area contributed by atoms with Crippen LogP contribution in [0.2, 0.25) is 0 Å². The summed E-state index contributed by atoms with van der Waals surface area (Å²) in [5.41, 5.74) is 6.47. The van der Waals surface area contributed by atoms with Crippen LogP contribution in [0, 0.1) is 0 Å². The molecule has 0 bridgehead atoms. The second-order valence-corrected chi connectivity index (χ2v) is 4.89. The summed E-state index contributed by atoms with van der Waals surface area (Å²) in [5.74, 6) is 0. The summed E-state index contributed by atoms with van der Waals surface area (Å²) in [7, 11) is 0. The molecular weight excluding hydrogens is 204 g/mol. The molecule has 0 atom stereocenters. The van der Waals surface area contributed by atoms with Crippen molar-refractivity contribution in [1.82, 2.24) is 14.7 Å². The molecule has 0 unspecified atom stereocenters. The number of nitrogens with zero attached hydrogens (tertiary/aromatic N) is 3. The molecule has 0 spiro atoms. The zero-order valence-electron chi connectivity index (χ0n) is 10.0. The minimum absolute atomic E-state index is 0.122. The smallest absolute Gasteiger partial charge is 0.0719 e. The number of hydrogen-bond acceptors (Lipinski definition) is 4. The monoisotopic (exact) mass is 224 g/mol. The molecule has 2 rings (SSSR count). The van der Waals surface area contributed by atoms with Crippen LogP contribution in [-0.4, -0.2) is 46.5 Å². The summed E-state index contributed by atoms with van der Waals surface area (Å²) >= 11 is 0. The zero-order valence-corrected chi connectivity index (χ0v) is 10.0. The molecule has 0 saturated carbocycles. The Morgan fingerprint density at radius 2 is 2.31 bits per heavy atom. The number of ether oxygens (including phenoxy) is 1. The maximum Gasteiger partial charge on any atom is 0.0719 e. The first-order chi connectivity index (χ1) is 7.58. The molecule has 2 N–H and O–H groups in total. The lowest BCUT2D eigenvalue weighted by Gasteiger charge is -2.42. The molecular formula is C11H20N4O. The largest absolute Gasteiger partial charge is 0.396 e. The minimum Gasteiger partial charge on any atom is -0.396 e. The topological polar surface area (TPSA) is 56.3 Å². The van der Waals surface area contributed by atoms with Crippen LogP contribution in [0.1, 0.15) is 13.8 Å². The molecule has 5 nitrogen and oxygen atoms in total. The van der Waals surface area contributed by atoms with E-state index < -0.39 is 0 Å². The van der Waals surface area contributed by atoms with Crippen LogP contribution in [0.3, 0.4) is 0 Å². The van der Waals surface area contributed by atoms with Gasteiger partial charge in [0.2, 0.25) is 0 Å². The molecule has 0 aliphatic carbocycles. The summed E-state index contributed by atoms with van der Waals surface area (Å²) in [6.07, 6.45) is 3.55. The number of nitrogens with two attached hydrogens (primary N) is 1. The van der Waals surface area contributed by atoms with Gasteiger partial charge in [0, 0.05) is 24.8 Å². The average Bonchev–Trinajstić information content (AvgIpc) is 2.62. The Kier molecular flexibility index (Phi) is 3.16. The SMILES string of the molecule is CC1(C)COCCN1CCn1cc(N)cn1. The van der Waals surface area contributed by atoms with E-state index in [2.05, 4.69) is 23.8 Å². The van der Waals surface area contributed by atoms with Gasteiger partial charge in [0.05, 0.1) is 31.6 Å². The third kappa shape index (κ3) is 2.54. The van der Waals surface area contributed by atoms with Crippen molar-refractivity contribution in [2.45, 2.75) is 25.9 Å². The Morgan fingerprint density at radius 3 is 2.94 bits per heavy atom. The van der Waals surface area contributed by atoms with Crippen LogP contribution in [0.15, 0.2) is 12.4 Å². The molecule has 16 heavy (non-hydrogen) atoms. The Balaban J connectivity index is 1.89. The molecule has 0 aromatic carbocycles. The van der Waals surface area contributed by atoms with E-state index in [9.17, 15) is 0 Å². The number of aromatic nitrogens is 2. The third-order valence-electron chi connectivity index (χ3n) is 3.07. The third-order valence-corrected chi connectivity index (χ3v) is 3.07. The van der Waals surface area contributed by atoms with Crippen molar-refractivity contribution in [3.05, 3.63) is 12.4 Å². The number of nitrogen functional groups attached to an aromatic ring is 1. The van der Waals surface area contributed by atoms with Crippen molar-refractivity contribution in [3.63, 3.8) is 0 Å². The summed E-state index contributed by atoms with van der Waals surface area (Å²) in [6, 6.07) is 0. The van der Waals surface area contributed by atoms with Crippen LogP contribution >= 0.6 is 0 Å². The highest BCUT2D eigenvalue weighted by Crippen LogP contribution is 2.18. The fourth-order valence-corrected chi connectivity index (χ4v) is 2.03. The van der Waals surface area contributed by atoms with Gasteiger partial charge < -0.3 is 10.5 Å². The van der Waals surface area contributed by atoms with E-state index >= 15 is 0 Å². The highest BCUT2D eigenvalue weighted by atomic mass is 16.5. The Hall–Kier alpha value is -1.07. The quantitative estimate of drug-likeness (QED) is 0.816. The summed E-state index contributed by atoms with van der Waals surface area (Å²) in [6.45, 7) is 8.90. The molecule has 1 saturated heterocycles. The number of rotatable bonds is 3. The standard InChI is InChI=1S/C11H20N4O/c1-11(2)9-16-6-5-14(11)3-4-15-8-10(12)7-13-15/h7-8H,3-6,9,12H2,1-2H3. The van der Waals surface area contributed by atoms with Gasteiger partial charge >= 0.3 is 0 Å². The average molecular weight is 224 g/mol. The molecule has 1 aromatic rings. The molecule has 0 radical (unpaired) electrons. The first kappa shape index (κ1) is 11.4. The Labute approximate surface area is 96.2 Å². The van der Waals surface area contributed by atoms with Gasteiger partial charge in [0.25, 0.3) is 0 Å². The van der Waals surface area contributed by atoms with Crippen LogP contribution in [0.4, 0.5) is 5.69 Å². The van der Waals surface area contributed by atoms with E-state index in [1.54, 1.807) is 6.20 Å². The van der Waals surface area contributed by atoms with Crippen LogP contribution in [-0.2, 0) is 11.3 Å². The van der Waals surface area contributed by atoms with Crippen molar-refractivity contribution in [2.75, 3.05) is 32.0 Å². The summed E-state index contributed by atoms with van der Waals surface area (Å²) in [5, 5.41) is 4.18. The summed E-state index contributed by atoms with van der Waals surface area (Å²) in [4.78, 5) is 2.44. The highest BCUT2D eigenvalue weighted by molar-refractivity contribution is 5.30. The predicted octanol–water partition coefficient (Wildman–Crippen LogP) is 0.576. The number of morpholine rings is 1. The fourth-order valence-electron chi connectivity index (χ4n) is 2.03.